The minimum Gasteiger partial charge on any atom is -0.339 e. The summed E-state index contributed by atoms with van der Waals surface area (Å²) < 4.78 is 13.8. The maximum absolute atomic E-state index is 13.8. The molecule has 1 aliphatic heterocycles. The van der Waals surface area contributed by atoms with E-state index in [1.807, 2.05) is 6.92 Å². The van der Waals surface area contributed by atoms with Crippen LogP contribution in [0.4, 0.5) is 4.39 Å². The van der Waals surface area contributed by atoms with Crippen molar-refractivity contribution in [3.05, 3.63) is 34.6 Å². The third-order valence-electron chi connectivity index (χ3n) is 3.99. The zero-order valence-corrected chi connectivity index (χ0v) is 15.3. The van der Waals surface area contributed by atoms with E-state index in [-0.39, 0.29) is 34.8 Å². The molecule has 0 aromatic heterocycles. The topological polar surface area (TPSA) is 52.7 Å². The van der Waals surface area contributed by atoms with E-state index >= 15 is 0 Å². The van der Waals surface area contributed by atoms with Gasteiger partial charge >= 0.3 is 0 Å². The van der Waals surface area contributed by atoms with Crippen molar-refractivity contribution >= 4 is 35.8 Å². The lowest BCUT2D eigenvalue weighted by molar-refractivity contribution is -0.136. The van der Waals surface area contributed by atoms with Crippen LogP contribution < -0.4 is 5.32 Å². The molecule has 1 saturated heterocycles. The number of hydrogen-bond acceptors (Lipinski definition) is 3. The highest BCUT2D eigenvalue weighted by molar-refractivity contribution is 6.33. The number of carbonyl (C=O) groups excluding carboxylic acids is 2. The number of rotatable bonds is 4. The molecule has 1 N–H and O–H groups in total. The number of carbonyl (C=O) groups is 2. The molecule has 134 valence electrons. The molecule has 1 aromatic rings. The third-order valence-corrected chi connectivity index (χ3v) is 4.30. The van der Waals surface area contributed by atoms with Crippen LogP contribution in [0.2, 0.25) is 5.02 Å². The van der Waals surface area contributed by atoms with Gasteiger partial charge in [-0.05, 0) is 19.2 Å². The SMILES string of the molecule is CNCC(C)C(=O)N1CCN(C(=O)c2c(F)cccc2Cl)CC1.Cl. The second-order valence-corrected chi connectivity index (χ2v) is 6.08. The second kappa shape index (κ2) is 9.20. The molecule has 1 aromatic carbocycles. The quantitative estimate of drug-likeness (QED) is 0.873. The Hall–Kier alpha value is -1.37. The zero-order chi connectivity index (χ0) is 17.0. The Bertz CT molecular complexity index is 572. The first-order valence-corrected chi connectivity index (χ1v) is 8.00. The molecule has 1 atom stereocenters. The van der Waals surface area contributed by atoms with E-state index < -0.39 is 11.7 Å². The summed E-state index contributed by atoms with van der Waals surface area (Å²) in [4.78, 5) is 28.0. The fraction of sp³-hybridized carbons (Fsp3) is 0.500. The van der Waals surface area contributed by atoms with Gasteiger partial charge in [-0.3, -0.25) is 9.59 Å². The lowest BCUT2D eigenvalue weighted by Crippen LogP contribution is -2.52. The van der Waals surface area contributed by atoms with Gasteiger partial charge in [0.25, 0.3) is 5.91 Å². The minimum atomic E-state index is -0.622. The monoisotopic (exact) mass is 377 g/mol. The molecule has 0 saturated carbocycles. The fourth-order valence-electron chi connectivity index (χ4n) is 2.70. The van der Waals surface area contributed by atoms with Gasteiger partial charge in [0.1, 0.15) is 5.82 Å². The molecule has 2 amide bonds. The summed E-state index contributed by atoms with van der Waals surface area (Å²) in [6.45, 7) is 4.14. The average molecular weight is 378 g/mol. The number of benzene rings is 1. The lowest BCUT2D eigenvalue weighted by atomic mass is 10.1. The molecule has 2 rings (SSSR count). The number of hydrogen-bond donors (Lipinski definition) is 1. The van der Waals surface area contributed by atoms with Crippen LogP contribution >= 0.6 is 24.0 Å². The summed E-state index contributed by atoms with van der Waals surface area (Å²) >= 11 is 5.94. The van der Waals surface area contributed by atoms with Crippen molar-refractivity contribution in [3.8, 4) is 0 Å². The van der Waals surface area contributed by atoms with Crippen molar-refractivity contribution in [2.24, 2.45) is 5.92 Å². The van der Waals surface area contributed by atoms with Crippen molar-refractivity contribution in [1.29, 1.82) is 0 Å². The molecule has 0 aliphatic carbocycles. The molecule has 0 spiro atoms. The molecule has 0 bridgehead atoms. The Morgan fingerprint density at radius 2 is 1.83 bits per heavy atom. The third kappa shape index (κ3) is 4.59. The van der Waals surface area contributed by atoms with E-state index in [0.717, 1.165) is 0 Å². The van der Waals surface area contributed by atoms with Crippen LogP contribution in [0.25, 0.3) is 0 Å². The minimum absolute atomic E-state index is 0. The fourth-order valence-corrected chi connectivity index (χ4v) is 2.94. The molecule has 5 nitrogen and oxygen atoms in total. The Morgan fingerprint density at radius 3 is 2.38 bits per heavy atom. The van der Waals surface area contributed by atoms with Crippen LogP contribution in [-0.2, 0) is 4.79 Å². The number of amides is 2. The van der Waals surface area contributed by atoms with E-state index in [4.69, 9.17) is 11.6 Å². The molecule has 1 aliphatic rings. The summed E-state index contributed by atoms with van der Waals surface area (Å²) in [6.07, 6.45) is 0. The maximum atomic E-state index is 13.8. The Labute approximate surface area is 152 Å². The van der Waals surface area contributed by atoms with Crippen molar-refractivity contribution in [2.45, 2.75) is 6.92 Å². The number of piperazine rings is 1. The maximum Gasteiger partial charge on any atom is 0.258 e. The first-order valence-electron chi connectivity index (χ1n) is 7.62. The molecule has 24 heavy (non-hydrogen) atoms. The lowest BCUT2D eigenvalue weighted by Gasteiger charge is -2.36. The van der Waals surface area contributed by atoms with Gasteiger partial charge in [-0.25, -0.2) is 4.39 Å². The van der Waals surface area contributed by atoms with Crippen molar-refractivity contribution in [1.82, 2.24) is 15.1 Å². The highest BCUT2D eigenvalue weighted by Gasteiger charge is 2.29. The van der Waals surface area contributed by atoms with Crippen LogP contribution in [0, 0.1) is 11.7 Å². The van der Waals surface area contributed by atoms with Gasteiger partial charge in [0, 0.05) is 38.6 Å². The Balaban J connectivity index is 0.00000288. The first kappa shape index (κ1) is 20.7. The molecular weight excluding hydrogens is 356 g/mol. The summed E-state index contributed by atoms with van der Waals surface area (Å²) in [5.41, 5.74) is -0.0995. The first-order chi connectivity index (χ1) is 11.0. The average Bonchev–Trinajstić information content (AvgIpc) is 2.54. The smallest absolute Gasteiger partial charge is 0.258 e. The van der Waals surface area contributed by atoms with Crippen LogP contribution in [-0.4, -0.2) is 61.4 Å². The predicted octanol–water partition coefficient (Wildman–Crippen LogP) is 2.04. The molecular formula is C16H22Cl2FN3O2. The predicted molar refractivity (Wildman–Crippen MR) is 94.2 cm³/mol. The Kier molecular flexibility index (Phi) is 7.93. The number of nitrogens with one attached hydrogen (secondary N) is 1. The van der Waals surface area contributed by atoms with E-state index in [2.05, 4.69) is 5.32 Å². The number of halogens is 3. The van der Waals surface area contributed by atoms with Gasteiger partial charge in [0.05, 0.1) is 10.6 Å². The normalized spacial score (nSPS) is 15.7. The van der Waals surface area contributed by atoms with Gasteiger partial charge in [0.15, 0.2) is 0 Å². The molecule has 1 heterocycles. The number of nitrogens with zero attached hydrogens (tertiary/aromatic N) is 2. The molecule has 1 fully saturated rings. The summed E-state index contributed by atoms with van der Waals surface area (Å²) in [5, 5.41) is 3.09. The highest BCUT2D eigenvalue weighted by Crippen LogP contribution is 2.21. The largest absolute Gasteiger partial charge is 0.339 e. The van der Waals surface area contributed by atoms with Crippen molar-refractivity contribution in [3.63, 3.8) is 0 Å². The van der Waals surface area contributed by atoms with Crippen molar-refractivity contribution in [2.75, 3.05) is 39.8 Å². The molecule has 8 heteroatoms. The van der Waals surface area contributed by atoms with Crippen LogP contribution in [0.1, 0.15) is 17.3 Å². The standard InChI is InChI=1S/C16H21ClFN3O2.ClH/c1-11(10-19-2)15(22)20-6-8-21(9-7-20)16(23)14-12(17)4-3-5-13(14)18;/h3-5,11,19H,6-10H2,1-2H3;1H. The van der Waals surface area contributed by atoms with Gasteiger partial charge < -0.3 is 15.1 Å². The molecule has 0 radical (unpaired) electrons. The van der Waals surface area contributed by atoms with Crippen LogP contribution in [0.5, 0.6) is 0 Å². The van der Waals surface area contributed by atoms with E-state index in [1.54, 1.807) is 11.9 Å². The van der Waals surface area contributed by atoms with Crippen LogP contribution in [0.3, 0.4) is 0 Å². The highest BCUT2D eigenvalue weighted by atomic mass is 35.5. The van der Waals surface area contributed by atoms with E-state index in [0.29, 0.717) is 32.7 Å². The van der Waals surface area contributed by atoms with E-state index in [1.165, 1.54) is 23.1 Å². The zero-order valence-electron chi connectivity index (χ0n) is 13.7. The van der Waals surface area contributed by atoms with Gasteiger partial charge in [-0.2, -0.15) is 0 Å². The molecule has 1 unspecified atom stereocenters. The Morgan fingerprint density at radius 1 is 1.25 bits per heavy atom. The summed E-state index contributed by atoms with van der Waals surface area (Å²) in [5.74, 6) is -1.09. The van der Waals surface area contributed by atoms with Gasteiger partial charge in [0.2, 0.25) is 5.91 Å². The summed E-state index contributed by atoms with van der Waals surface area (Å²) in [6, 6.07) is 4.18. The van der Waals surface area contributed by atoms with Crippen LogP contribution in [0.15, 0.2) is 18.2 Å². The van der Waals surface area contributed by atoms with Gasteiger partial charge in [-0.15, -0.1) is 12.4 Å². The van der Waals surface area contributed by atoms with Gasteiger partial charge in [-0.1, -0.05) is 24.6 Å². The second-order valence-electron chi connectivity index (χ2n) is 5.67. The van der Waals surface area contributed by atoms with Crippen molar-refractivity contribution < 1.29 is 14.0 Å². The van der Waals surface area contributed by atoms with E-state index in [9.17, 15) is 14.0 Å². The summed E-state index contributed by atoms with van der Waals surface area (Å²) in [7, 11) is 1.80.